The van der Waals surface area contributed by atoms with Crippen LogP contribution in [0.5, 0.6) is 0 Å². The summed E-state index contributed by atoms with van der Waals surface area (Å²) in [4.78, 5) is 40.0. The first kappa shape index (κ1) is 26.8. The lowest BCUT2D eigenvalue weighted by molar-refractivity contribution is -0.126. The summed E-state index contributed by atoms with van der Waals surface area (Å²) in [6, 6.07) is 31.0. The number of anilines is 3. The zero-order valence-corrected chi connectivity index (χ0v) is 21.0. The maximum atomic E-state index is 13.1. The first-order valence-electron chi connectivity index (χ1n) is 11.8. The Labute approximate surface area is 225 Å². The van der Waals surface area contributed by atoms with E-state index in [4.69, 9.17) is 16.3 Å². The van der Waals surface area contributed by atoms with E-state index in [0.717, 1.165) is 0 Å². The molecule has 0 bridgehead atoms. The highest BCUT2D eigenvalue weighted by Crippen LogP contribution is 2.29. The molecule has 0 aliphatic carbocycles. The van der Waals surface area contributed by atoms with Crippen molar-refractivity contribution in [1.29, 1.82) is 0 Å². The van der Waals surface area contributed by atoms with Gasteiger partial charge < -0.3 is 15.2 Å². The van der Waals surface area contributed by atoms with Crippen LogP contribution < -0.4 is 10.2 Å². The minimum absolute atomic E-state index is 0.148. The Kier molecular flexibility index (Phi) is 9.00. The summed E-state index contributed by atoms with van der Waals surface area (Å²) in [5, 5.41) is 13.7. The van der Waals surface area contributed by atoms with E-state index in [1.165, 1.54) is 23.1 Å². The third kappa shape index (κ3) is 6.72. The van der Waals surface area contributed by atoms with Gasteiger partial charge in [0.25, 0.3) is 5.91 Å². The van der Waals surface area contributed by atoms with Crippen LogP contribution in [0.3, 0.4) is 0 Å². The Balaban J connectivity index is 1.41. The first-order chi connectivity index (χ1) is 18.4. The van der Waals surface area contributed by atoms with Gasteiger partial charge in [0.05, 0.1) is 0 Å². The smallest absolute Gasteiger partial charge is 0.257 e. The van der Waals surface area contributed by atoms with Crippen molar-refractivity contribution in [1.82, 2.24) is 0 Å². The maximum Gasteiger partial charge on any atom is 0.257 e. The number of nitrogens with one attached hydrogen (secondary N) is 1. The van der Waals surface area contributed by atoms with Gasteiger partial charge in [0, 0.05) is 33.2 Å². The molecule has 0 radical (unpaired) electrons. The van der Waals surface area contributed by atoms with E-state index >= 15 is 0 Å². The van der Waals surface area contributed by atoms with Crippen LogP contribution in [0.2, 0.25) is 5.02 Å². The molecule has 0 fully saturated rings. The van der Waals surface area contributed by atoms with E-state index < -0.39 is 24.4 Å². The van der Waals surface area contributed by atoms with Crippen molar-refractivity contribution in [3.63, 3.8) is 0 Å². The third-order valence-corrected chi connectivity index (χ3v) is 5.86. The molecule has 0 saturated heterocycles. The summed E-state index contributed by atoms with van der Waals surface area (Å²) in [7, 11) is 0. The topological polar surface area (TPSA) is 95.9 Å². The SMILES string of the molecule is O=C(COCC(=O)N(c1ccccc1)c1ccccc1)Nc1ccc(Cl)cc1C(O)C(=O)c1ccccc1. The average Bonchev–Trinajstić information content (AvgIpc) is 2.95. The minimum atomic E-state index is -1.54. The van der Waals surface area contributed by atoms with Gasteiger partial charge in [0.1, 0.15) is 19.3 Å². The van der Waals surface area contributed by atoms with Crippen molar-refractivity contribution in [2.75, 3.05) is 23.4 Å². The molecular weight excluding hydrogens is 504 g/mol. The number of nitrogens with zero attached hydrogens (tertiary/aromatic N) is 1. The molecule has 8 heteroatoms. The summed E-state index contributed by atoms with van der Waals surface area (Å²) in [5.41, 5.74) is 2.01. The van der Waals surface area contributed by atoms with Crippen molar-refractivity contribution in [3.8, 4) is 0 Å². The van der Waals surface area contributed by atoms with Gasteiger partial charge in [0.15, 0.2) is 5.78 Å². The molecule has 4 rings (SSSR count). The molecule has 2 amide bonds. The highest BCUT2D eigenvalue weighted by Gasteiger charge is 2.23. The van der Waals surface area contributed by atoms with Crippen LogP contribution >= 0.6 is 11.6 Å². The Morgan fingerprint density at radius 1 is 0.789 bits per heavy atom. The van der Waals surface area contributed by atoms with E-state index in [0.29, 0.717) is 22.0 Å². The summed E-state index contributed by atoms with van der Waals surface area (Å²) in [6.45, 7) is -0.770. The predicted octanol–water partition coefficient (Wildman–Crippen LogP) is 5.58. The Morgan fingerprint density at radius 3 is 1.92 bits per heavy atom. The number of halogens is 1. The van der Waals surface area contributed by atoms with Crippen LogP contribution in [-0.4, -0.2) is 35.9 Å². The quantitative estimate of drug-likeness (QED) is 0.262. The first-order valence-corrected chi connectivity index (χ1v) is 12.2. The Morgan fingerprint density at radius 2 is 1.34 bits per heavy atom. The Hall–Kier alpha value is -4.30. The molecule has 0 aliphatic rings. The third-order valence-electron chi connectivity index (χ3n) is 5.63. The van der Waals surface area contributed by atoms with Crippen LogP contribution in [-0.2, 0) is 14.3 Å². The zero-order chi connectivity index (χ0) is 26.9. The predicted molar refractivity (Wildman–Crippen MR) is 147 cm³/mol. The largest absolute Gasteiger partial charge is 0.380 e. The van der Waals surface area contributed by atoms with Crippen LogP contribution in [0.25, 0.3) is 0 Å². The number of ketones is 1. The van der Waals surface area contributed by atoms with Gasteiger partial charge in [-0.25, -0.2) is 0 Å². The van der Waals surface area contributed by atoms with Crippen molar-refractivity contribution in [3.05, 3.63) is 125 Å². The molecule has 4 aromatic carbocycles. The van der Waals surface area contributed by atoms with Crippen molar-refractivity contribution in [2.24, 2.45) is 0 Å². The number of para-hydroxylation sites is 2. The number of amides is 2. The number of ether oxygens (including phenoxy) is 1. The summed E-state index contributed by atoms with van der Waals surface area (Å²) >= 11 is 6.10. The van der Waals surface area contributed by atoms with Gasteiger partial charge in [-0.1, -0.05) is 78.3 Å². The number of aliphatic hydroxyl groups is 1. The molecule has 0 aromatic heterocycles. The fourth-order valence-corrected chi connectivity index (χ4v) is 4.03. The van der Waals surface area contributed by atoms with Crippen LogP contribution in [0, 0.1) is 0 Å². The normalized spacial score (nSPS) is 11.4. The van der Waals surface area contributed by atoms with Crippen LogP contribution in [0.4, 0.5) is 17.1 Å². The molecule has 4 aromatic rings. The van der Waals surface area contributed by atoms with E-state index in [9.17, 15) is 19.5 Å². The second-order valence-corrected chi connectivity index (χ2v) is 8.74. The number of hydrogen-bond acceptors (Lipinski definition) is 5. The van der Waals surface area contributed by atoms with Gasteiger partial charge in [-0.3, -0.25) is 19.3 Å². The van der Waals surface area contributed by atoms with E-state index in [2.05, 4.69) is 5.32 Å². The van der Waals surface area contributed by atoms with Crippen LogP contribution in [0.1, 0.15) is 22.0 Å². The fourth-order valence-electron chi connectivity index (χ4n) is 3.85. The van der Waals surface area contributed by atoms with E-state index in [1.54, 1.807) is 30.3 Å². The molecular formula is C30H25ClN2O5. The van der Waals surface area contributed by atoms with Crippen molar-refractivity contribution >= 4 is 46.3 Å². The van der Waals surface area contributed by atoms with Crippen LogP contribution in [0.15, 0.2) is 109 Å². The number of Topliss-reactive ketones (excluding diaryl/α,β-unsaturated/α-hetero) is 1. The summed E-state index contributed by atoms with van der Waals surface area (Å²) in [6.07, 6.45) is -1.54. The number of carbonyl (C=O) groups excluding carboxylic acids is 3. The molecule has 7 nitrogen and oxygen atoms in total. The number of rotatable bonds is 10. The number of hydrogen-bond donors (Lipinski definition) is 2. The van der Waals surface area contributed by atoms with Gasteiger partial charge in [-0.2, -0.15) is 0 Å². The van der Waals surface area contributed by atoms with Crippen molar-refractivity contribution < 1.29 is 24.2 Å². The maximum absolute atomic E-state index is 13.1. The second-order valence-electron chi connectivity index (χ2n) is 8.31. The molecule has 0 spiro atoms. The molecule has 1 unspecified atom stereocenters. The van der Waals surface area contributed by atoms with Crippen molar-refractivity contribution in [2.45, 2.75) is 6.10 Å². The summed E-state index contributed by atoms with van der Waals surface area (Å²) < 4.78 is 5.44. The van der Waals surface area contributed by atoms with E-state index in [1.807, 2.05) is 60.7 Å². The summed E-state index contributed by atoms with van der Waals surface area (Å²) in [5.74, 6) is -1.45. The standard InChI is InChI=1S/C30H25ClN2O5/c31-22-16-17-26(25(18-22)30(37)29(36)21-10-4-1-5-11-21)32-27(34)19-38-20-28(35)33(23-12-6-2-7-13-23)24-14-8-3-9-15-24/h1-18,30,37H,19-20H2,(H,32,34). The molecule has 0 saturated carbocycles. The van der Waals surface area contributed by atoms with E-state index in [-0.39, 0.29) is 23.8 Å². The lowest BCUT2D eigenvalue weighted by Gasteiger charge is -2.23. The lowest BCUT2D eigenvalue weighted by atomic mass is 9.98. The molecule has 0 aliphatic heterocycles. The van der Waals surface area contributed by atoms with Gasteiger partial charge in [-0.05, 0) is 42.5 Å². The van der Waals surface area contributed by atoms with Gasteiger partial charge >= 0.3 is 0 Å². The number of carbonyl (C=O) groups is 3. The molecule has 38 heavy (non-hydrogen) atoms. The molecule has 2 N–H and O–H groups in total. The average molecular weight is 529 g/mol. The second kappa shape index (κ2) is 12.8. The molecule has 1 atom stereocenters. The monoisotopic (exact) mass is 528 g/mol. The Bertz CT molecular complexity index is 1360. The number of benzene rings is 4. The molecule has 192 valence electrons. The molecule has 0 heterocycles. The lowest BCUT2D eigenvalue weighted by Crippen LogP contribution is -2.31. The van der Waals surface area contributed by atoms with Gasteiger partial charge in [0.2, 0.25) is 5.91 Å². The number of aliphatic hydroxyl groups excluding tert-OH is 1. The van der Waals surface area contributed by atoms with Gasteiger partial charge in [-0.15, -0.1) is 0 Å². The highest BCUT2D eigenvalue weighted by molar-refractivity contribution is 6.30. The minimum Gasteiger partial charge on any atom is -0.380 e. The highest BCUT2D eigenvalue weighted by atomic mass is 35.5. The zero-order valence-electron chi connectivity index (χ0n) is 20.3. The fraction of sp³-hybridized carbons (Fsp3) is 0.100.